The topological polar surface area (TPSA) is 87.9 Å². The number of benzene rings is 3. The molecule has 0 spiro atoms. The van der Waals surface area contributed by atoms with Gasteiger partial charge in [-0.15, -0.1) is 18.3 Å². The van der Waals surface area contributed by atoms with Gasteiger partial charge in [0.25, 0.3) is 0 Å². The summed E-state index contributed by atoms with van der Waals surface area (Å²) in [5.41, 5.74) is 7.45. The van der Waals surface area contributed by atoms with E-state index in [1.165, 1.54) is 59.5 Å². The highest BCUT2D eigenvalue weighted by molar-refractivity contribution is 8.16. The molecular weight excluding hydrogens is 515 g/mol. The van der Waals surface area contributed by atoms with E-state index in [0.717, 1.165) is 12.1 Å². The summed E-state index contributed by atoms with van der Waals surface area (Å²) in [6.07, 6.45) is -2.10. The van der Waals surface area contributed by atoms with E-state index in [-0.39, 0.29) is 17.3 Å². The zero-order valence-electron chi connectivity index (χ0n) is 18.7. The Balaban J connectivity index is 1.35. The zero-order chi connectivity index (χ0) is 26.4. The van der Waals surface area contributed by atoms with Crippen molar-refractivity contribution >= 4 is 46.7 Å². The summed E-state index contributed by atoms with van der Waals surface area (Å²) < 4.78 is 68.3. The largest absolute Gasteiger partial charge is 0.573 e. The average Bonchev–Trinajstić information content (AvgIpc) is 2.84. The minimum Gasteiger partial charge on any atom is -0.406 e. The van der Waals surface area contributed by atoms with Crippen molar-refractivity contribution in [2.24, 2.45) is 25.9 Å². The molecule has 7 nitrogen and oxygen atoms in total. The summed E-state index contributed by atoms with van der Waals surface area (Å²) in [7, 11) is 0. The predicted molar refractivity (Wildman–Crippen MR) is 135 cm³/mol. The van der Waals surface area contributed by atoms with Gasteiger partial charge in [0.05, 0.1) is 17.8 Å². The number of rotatable bonds is 7. The first kappa shape index (κ1) is 25.8. The molecule has 0 aromatic heterocycles. The molecule has 3 aromatic carbocycles. The minimum absolute atomic E-state index is 0.162. The molecule has 3 aromatic rings. The predicted octanol–water partition coefficient (Wildman–Crippen LogP) is 5.83. The lowest BCUT2D eigenvalue weighted by Crippen LogP contribution is -2.39. The monoisotopic (exact) mass is 532 g/mol. The number of nitrogens with two attached hydrogens (primary N) is 1. The van der Waals surface area contributed by atoms with Crippen molar-refractivity contribution in [1.29, 1.82) is 0 Å². The van der Waals surface area contributed by atoms with E-state index in [1.54, 1.807) is 24.3 Å². The third-order valence-electron chi connectivity index (χ3n) is 4.79. The van der Waals surface area contributed by atoms with E-state index in [9.17, 15) is 22.0 Å². The normalized spacial score (nSPS) is 15.5. The summed E-state index contributed by atoms with van der Waals surface area (Å²) in [6, 6.07) is 15.5. The van der Waals surface area contributed by atoms with E-state index in [4.69, 9.17) is 5.73 Å². The Kier molecular flexibility index (Phi) is 7.82. The molecule has 13 heteroatoms. The molecule has 0 bridgehead atoms. The molecule has 2 N–H and O–H groups in total. The number of aliphatic imine (C=N–C) groups is 2. The van der Waals surface area contributed by atoms with Crippen molar-refractivity contribution in [3.8, 4) is 5.75 Å². The van der Waals surface area contributed by atoms with Crippen LogP contribution in [0.25, 0.3) is 0 Å². The van der Waals surface area contributed by atoms with Crippen LogP contribution in [0.3, 0.4) is 0 Å². The van der Waals surface area contributed by atoms with Crippen LogP contribution in [-0.2, 0) is 0 Å². The van der Waals surface area contributed by atoms with Gasteiger partial charge in [0.2, 0.25) is 0 Å². The van der Waals surface area contributed by atoms with Gasteiger partial charge in [-0.05, 0) is 42.0 Å². The molecule has 0 atom stereocenters. The van der Waals surface area contributed by atoms with Crippen molar-refractivity contribution in [3.63, 3.8) is 0 Å². The van der Waals surface area contributed by atoms with Gasteiger partial charge in [-0.3, -0.25) is 0 Å². The lowest BCUT2D eigenvalue weighted by molar-refractivity contribution is -0.274. The first-order chi connectivity index (χ1) is 17.7. The molecule has 1 fully saturated rings. The number of ether oxygens (including phenoxy) is 1. The quantitative estimate of drug-likeness (QED) is 0.180. The van der Waals surface area contributed by atoms with E-state index >= 15 is 0 Å². The van der Waals surface area contributed by atoms with Crippen molar-refractivity contribution < 1.29 is 26.7 Å². The summed E-state index contributed by atoms with van der Waals surface area (Å²) in [4.78, 5) is 9.44. The standard InChI is InChI=1S/C24H17F5N6OS/c25-19-2-1-3-20(26)21(19)35-14-37-23(35)34-33-12-15-4-6-16(7-5-15)22(30)32-13-31-17-8-10-18(11-9-17)36-24(27,28)29/h1-13H,14H2,(H2,30,31,32)/b33-12-,34-23+. The van der Waals surface area contributed by atoms with Crippen LogP contribution in [-0.4, -0.2) is 35.8 Å². The smallest absolute Gasteiger partial charge is 0.406 e. The fourth-order valence-electron chi connectivity index (χ4n) is 3.03. The van der Waals surface area contributed by atoms with Gasteiger partial charge in [-0.1, -0.05) is 42.1 Å². The number of thioether (sulfide) groups is 1. The minimum atomic E-state index is -4.76. The summed E-state index contributed by atoms with van der Waals surface area (Å²) in [5.74, 6) is -1.18. The Morgan fingerprint density at radius 1 is 0.973 bits per heavy atom. The molecule has 0 aliphatic carbocycles. The summed E-state index contributed by atoms with van der Waals surface area (Å²) in [5, 5.41) is 8.38. The number of amidine groups is 2. The Bertz CT molecular complexity index is 1350. The molecule has 1 heterocycles. The zero-order valence-corrected chi connectivity index (χ0v) is 19.5. The summed E-state index contributed by atoms with van der Waals surface area (Å²) in [6.45, 7) is 0. The third-order valence-corrected chi connectivity index (χ3v) is 5.74. The van der Waals surface area contributed by atoms with Crippen molar-refractivity contribution in [2.45, 2.75) is 6.36 Å². The van der Waals surface area contributed by atoms with Crippen molar-refractivity contribution in [2.75, 3.05) is 10.8 Å². The van der Waals surface area contributed by atoms with E-state index in [0.29, 0.717) is 27.9 Å². The van der Waals surface area contributed by atoms with E-state index < -0.39 is 18.0 Å². The summed E-state index contributed by atoms with van der Waals surface area (Å²) >= 11 is 1.31. The second kappa shape index (κ2) is 11.2. The van der Waals surface area contributed by atoms with E-state index in [2.05, 4.69) is 24.9 Å². The molecular formula is C24H17F5N6OS. The molecule has 1 aliphatic rings. The molecule has 1 aliphatic heterocycles. The van der Waals surface area contributed by atoms with Crippen LogP contribution in [0, 0.1) is 11.6 Å². The number of para-hydroxylation sites is 1. The van der Waals surface area contributed by atoms with Crippen LogP contribution in [0.2, 0.25) is 0 Å². The molecule has 0 saturated carbocycles. The third kappa shape index (κ3) is 6.91. The first-order valence-electron chi connectivity index (χ1n) is 10.5. The first-order valence-corrected chi connectivity index (χ1v) is 11.5. The highest BCUT2D eigenvalue weighted by atomic mass is 32.2. The van der Waals surface area contributed by atoms with Crippen LogP contribution in [0.4, 0.5) is 33.3 Å². The highest BCUT2D eigenvalue weighted by Gasteiger charge is 2.31. The SMILES string of the molecule is NC(=NC=Nc1ccc(OC(F)(F)F)cc1)c1ccc(/C=N\N=C2\SCN2c2c(F)cccc2F)cc1. The fraction of sp³-hybridized carbons (Fsp3) is 0.0833. The number of nitrogens with zero attached hydrogens (tertiary/aromatic N) is 5. The van der Waals surface area contributed by atoms with Crippen LogP contribution in [0.1, 0.15) is 11.1 Å². The maximum atomic E-state index is 14.0. The fourth-order valence-corrected chi connectivity index (χ4v) is 3.73. The highest BCUT2D eigenvalue weighted by Crippen LogP contribution is 2.34. The van der Waals surface area contributed by atoms with Crippen molar-refractivity contribution in [1.82, 2.24) is 0 Å². The van der Waals surface area contributed by atoms with Gasteiger partial charge < -0.3 is 15.4 Å². The second-order valence-electron chi connectivity index (χ2n) is 7.32. The lowest BCUT2D eigenvalue weighted by atomic mass is 10.1. The molecule has 37 heavy (non-hydrogen) atoms. The number of anilines is 1. The maximum Gasteiger partial charge on any atom is 0.573 e. The van der Waals surface area contributed by atoms with Gasteiger partial charge in [0, 0.05) is 5.56 Å². The molecule has 190 valence electrons. The Hall–Kier alpha value is -4.26. The second-order valence-corrected chi connectivity index (χ2v) is 8.23. The average molecular weight is 532 g/mol. The molecule has 1 saturated heterocycles. The van der Waals surface area contributed by atoms with E-state index in [1.807, 2.05) is 0 Å². The van der Waals surface area contributed by atoms with Crippen LogP contribution < -0.4 is 15.4 Å². The number of hydrogen-bond acceptors (Lipinski definition) is 5. The van der Waals surface area contributed by atoms with Gasteiger partial charge in [0.1, 0.15) is 35.2 Å². The number of alkyl halides is 3. The van der Waals surface area contributed by atoms with Crippen LogP contribution in [0.15, 0.2) is 86.9 Å². The number of hydrogen-bond donors (Lipinski definition) is 1. The molecule has 0 unspecified atom stereocenters. The lowest BCUT2D eigenvalue weighted by Gasteiger charge is -2.32. The van der Waals surface area contributed by atoms with Gasteiger partial charge in [0.15, 0.2) is 5.17 Å². The number of halogens is 5. The molecule has 0 radical (unpaired) electrons. The van der Waals surface area contributed by atoms with Crippen LogP contribution in [0.5, 0.6) is 5.75 Å². The van der Waals surface area contributed by atoms with Gasteiger partial charge in [-0.2, -0.15) is 5.10 Å². The molecule has 0 amide bonds. The Morgan fingerprint density at radius 3 is 2.24 bits per heavy atom. The van der Waals surface area contributed by atoms with Crippen LogP contribution >= 0.6 is 11.8 Å². The van der Waals surface area contributed by atoms with Gasteiger partial charge >= 0.3 is 6.36 Å². The Morgan fingerprint density at radius 2 is 1.65 bits per heavy atom. The van der Waals surface area contributed by atoms with Gasteiger partial charge in [-0.25, -0.2) is 18.8 Å². The van der Waals surface area contributed by atoms with Crippen molar-refractivity contribution in [3.05, 3.63) is 89.5 Å². The molecule has 4 rings (SSSR count). The maximum absolute atomic E-state index is 14.0. The Labute approximate surface area is 211 Å².